The molecule has 0 aliphatic heterocycles. The van der Waals surface area contributed by atoms with Crippen LogP contribution in [0.1, 0.15) is 10.4 Å². The third kappa shape index (κ3) is 2.22. The summed E-state index contributed by atoms with van der Waals surface area (Å²) in [6.07, 6.45) is 1.72. The van der Waals surface area contributed by atoms with Gasteiger partial charge in [-0.2, -0.15) is 5.10 Å². The van der Waals surface area contributed by atoms with Gasteiger partial charge in [0.1, 0.15) is 11.5 Å². The van der Waals surface area contributed by atoms with Gasteiger partial charge in [-0.05, 0) is 18.8 Å². The number of aromatic carboxylic acids is 1. The molecule has 0 spiro atoms. The van der Waals surface area contributed by atoms with E-state index < -0.39 is 5.97 Å². The fourth-order valence-electron chi connectivity index (χ4n) is 2.49. The van der Waals surface area contributed by atoms with Crippen molar-refractivity contribution in [2.24, 2.45) is 0 Å². The lowest BCUT2D eigenvalue weighted by atomic mass is 10.0. The predicted octanol–water partition coefficient (Wildman–Crippen LogP) is 2.91. The molecule has 1 atom stereocenters. The molecule has 3 aromatic rings. The number of benzene rings is 1. The summed E-state index contributed by atoms with van der Waals surface area (Å²) in [4.78, 5) is 15.8. The molecule has 2 heterocycles. The number of nitrogens with one attached hydrogen (secondary N) is 1. The molecule has 2 N–H and O–H groups in total. The monoisotopic (exact) mass is 314 g/mol. The number of hydrogen-bond donors (Lipinski definition) is 2. The fraction of sp³-hybridized carbons (Fsp3) is 0.133. The number of rotatable bonds is 4. The van der Waals surface area contributed by atoms with Crippen molar-refractivity contribution >= 4 is 31.4 Å². The number of carbonyl (C=O) groups is 1. The van der Waals surface area contributed by atoms with Gasteiger partial charge in [0, 0.05) is 27.5 Å². The van der Waals surface area contributed by atoms with E-state index in [1.54, 1.807) is 31.4 Å². The normalized spacial score (nSPS) is 11.4. The molecule has 2 aromatic heterocycles. The summed E-state index contributed by atoms with van der Waals surface area (Å²) in [5.41, 5.74) is 2.41. The Morgan fingerprint density at radius 3 is 2.77 bits per heavy atom. The first kappa shape index (κ1) is 14.5. The van der Waals surface area contributed by atoms with Gasteiger partial charge in [-0.1, -0.05) is 18.2 Å². The second-order valence-electron chi connectivity index (χ2n) is 4.64. The van der Waals surface area contributed by atoms with Crippen LogP contribution in [0.2, 0.25) is 0 Å². The third-order valence-electron chi connectivity index (χ3n) is 3.46. The van der Waals surface area contributed by atoms with Crippen LogP contribution in [0.5, 0.6) is 0 Å². The summed E-state index contributed by atoms with van der Waals surface area (Å²) >= 11 is 0. The van der Waals surface area contributed by atoms with Crippen LogP contribution in [-0.2, 0) is 0 Å². The van der Waals surface area contributed by atoms with Crippen molar-refractivity contribution in [3.8, 4) is 11.3 Å². The van der Waals surface area contributed by atoms with Crippen LogP contribution >= 0.6 is 8.73 Å². The molecule has 0 aliphatic rings. The van der Waals surface area contributed by atoms with Gasteiger partial charge in [-0.25, -0.2) is 14.2 Å². The minimum atomic E-state index is -0.966. The zero-order valence-corrected chi connectivity index (χ0v) is 13.2. The largest absolute Gasteiger partial charge is 0.478 e. The summed E-state index contributed by atoms with van der Waals surface area (Å²) in [7, 11) is 2.23. The maximum Gasteiger partial charge on any atom is 0.336 e. The highest BCUT2D eigenvalue weighted by atomic mass is 31.1. The Kier molecular flexibility index (Phi) is 3.77. The number of carboxylic acid groups (broad SMARTS) is 1. The van der Waals surface area contributed by atoms with E-state index in [0.717, 1.165) is 10.9 Å². The van der Waals surface area contributed by atoms with Crippen molar-refractivity contribution in [1.82, 2.24) is 14.5 Å². The Bertz CT molecular complexity index is 860. The highest BCUT2D eigenvalue weighted by Crippen LogP contribution is 2.36. The lowest BCUT2D eigenvalue weighted by Gasteiger charge is -2.05. The van der Waals surface area contributed by atoms with E-state index >= 15 is 0 Å². The van der Waals surface area contributed by atoms with Gasteiger partial charge < -0.3 is 10.4 Å². The quantitative estimate of drug-likeness (QED) is 0.724. The predicted molar refractivity (Wildman–Crippen MR) is 89.1 cm³/mol. The number of pyridine rings is 1. The van der Waals surface area contributed by atoms with Crippen LogP contribution in [-0.4, -0.2) is 39.3 Å². The van der Waals surface area contributed by atoms with E-state index in [1.807, 2.05) is 23.2 Å². The topological polar surface area (TPSA) is 80.0 Å². The Hall–Kier alpha value is -2.46. The molecule has 7 heteroatoms. The molecular weight excluding hydrogens is 299 g/mol. The molecule has 0 saturated heterocycles. The molecule has 0 bridgehead atoms. The number of nitrogens with zero attached hydrogens (tertiary/aromatic N) is 3. The number of fused-ring (bicyclic) bond motifs is 1. The van der Waals surface area contributed by atoms with Gasteiger partial charge in [0.25, 0.3) is 0 Å². The summed E-state index contributed by atoms with van der Waals surface area (Å²) in [5.74, 6) is -0.274. The summed E-state index contributed by atoms with van der Waals surface area (Å²) in [6.45, 7) is 2.03. The van der Waals surface area contributed by atoms with Gasteiger partial charge in [0.15, 0.2) is 0 Å². The van der Waals surface area contributed by atoms with Crippen LogP contribution in [0.3, 0.4) is 0 Å². The molecule has 22 heavy (non-hydrogen) atoms. The van der Waals surface area contributed by atoms with Gasteiger partial charge in [0.2, 0.25) is 0 Å². The molecule has 0 amide bonds. The number of aromatic nitrogens is 3. The van der Waals surface area contributed by atoms with E-state index in [1.165, 1.54) is 0 Å². The summed E-state index contributed by atoms with van der Waals surface area (Å²) in [5, 5.41) is 17.9. The molecule has 3 rings (SSSR count). The molecule has 0 radical (unpaired) electrons. The fourth-order valence-corrected chi connectivity index (χ4v) is 3.12. The minimum Gasteiger partial charge on any atom is -0.478 e. The van der Waals surface area contributed by atoms with E-state index in [4.69, 9.17) is 0 Å². The molecule has 6 nitrogen and oxygen atoms in total. The van der Waals surface area contributed by atoms with Crippen molar-refractivity contribution in [2.75, 3.05) is 19.0 Å². The van der Waals surface area contributed by atoms with Crippen molar-refractivity contribution < 1.29 is 9.90 Å². The number of hydrogen-bond acceptors (Lipinski definition) is 4. The number of carboxylic acids is 1. The molecule has 0 aliphatic carbocycles. The Morgan fingerprint density at radius 1 is 1.32 bits per heavy atom. The second-order valence-corrected chi connectivity index (χ2v) is 5.51. The van der Waals surface area contributed by atoms with Crippen LogP contribution in [0.15, 0.2) is 36.5 Å². The first-order valence-corrected chi connectivity index (χ1v) is 8.18. The first-order valence-electron chi connectivity index (χ1n) is 6.73. The minimum absolute atomic E-state index is 0.236. The lowest BCUT2D eigenvalue weighted by Crippen LogP contribution is -2.00. The summed E-state index contributed by atoms with van der Waals surface area (Å²) in [6, 6.07) is 8.79. The molecule has 112 valence electrons. The van der Waals surface area contributed by atoms with Crippen LogP contribution in [0.25, 0.3) is 22.2 Å². The standard InChI is InChI=1S/C15H15N4O2P/c1-16-14-12-11(7-8-17-14)19(22-2)18-13(12)9-5-3-4-6-10(9)15(20)21/h3-8,22H,1-2H3,(H,16,17)(H,20,21). The molecule has 0 saturated carbocycles. The first-order chi connectivity index (χ1) is 10.7. The van der Waals surface area contributed by atoms with E-state index in [9.17, 15) is 9.90 Å². The molecular formula is C15H15N4O2P. The van der Waals surface area contributed by atoms with Gasteiger partial charge >= 0.3 is 5.97 Å². The SMILES string of the molecule is CNc1nccc2c1c(-c1ccccc1C(=O)O)nn2PC. The number of anilines is 1. The lowest BCUT2D eigenvalue weighted by molar-refractivity contribution is 0.0697. The second kappa shape index (κ2) is 5.73. The van der Waals surface area contributed by atoms with Crippen LogP contribution in [0.4, 0.5) is 5.82 Å². The van der Waals surface area contributed by atoms with Crippen molar-refractivity contribution in [3.63, 3.8) is 0 Å². The summed E-state index contributed by atoms with van der Waals surface area (Å²) < 4.78 is 1.88. The Morgan fingerprint density at radius 2 is 2.09 bits per heavy atom. The van der Waals surface area contributed by atoms with Crippen LogP contribution in [0, 0.1) is 0 Å². The third-order valence-corrected chi connectivity index (χ3v) is 4.22. The Balaban J connectivity index is 2.39. The molecule has 1 aromatic carbocycles. The average Bonchev–Trinajstić information content (AvgIpc) is 2.93. The van der Waals surface area contributed by atoms with E-state index in [-0.39, 0.29) is 5.56 Å². The molecule has 0 fully saturated rings. The highest BCUT2D eigenvalue weighted by Gasteiger charge is 2.20. The van der Waals surface area contributed by atoms with Crippen molar-refractivity contribution in [2.45, 2.75) is 0 Å². The Labute approximate surface area is 129 Å². The smallest absolute Gasteiger partial charge is 0.336 e. The zero-order chi connectivity index (χ0) is 15.7. The van der Waals surface area contributed by atoms with Crippen molar-refractivity contribution in [1.29, 1.82) is 0 Å². The zero-order valence-electron chi connectivity index (χ0n) is 12.2. The van der Waals surface area contributed by atoms with Crippen molar-refractivity contribution in [3.05, 3.63) is 42.1 Å². The average molecular weight is 314 g/mol. The van der Waals surface area contributed by atoms with Gasteiger partial charge in [0.05, 0.1) is 16.5 Å². The maximum absolute atomic E-state index is 11.5. The van der Waals surface area contributed by atoms with E-state index in [0.29, 0.717) is 25.8 Å². The highest BCUT2D eigenvalue weighted by molar-refractivity contribution is 7.35. The molecule has 1 unspecified atom stereocenters. The maximum atomic E-state index is 11.5. The van der Waals surface area contributed by atoms with Gasteiger partial charge in [-0.15, -0.1) is 0 Å². The van der Waals surface area contributed by atoms with E-state index in [2.05, 4.69) is 15.4 Å². The van der Waals surface area contributed by atoms with Crippen LogP contribution < -0.4 is 5.32 Å². The van der Waals surface area contributed by atoms with Gasteiger partial charge in [-0.3, -0.25) is 0 Å².